The van der Waals surface area contributed by atoms with Crippen LogP contribution in [0.25, 0.3) is 0 Å². The number of amides is 2. The van der Waals surface area contributed by atoms with Crippen LogP contribution < -0.4 is 5.32 Å². The third-order valence-electron chi connectivity index (χ3n) is 3.47. The van der Waals surface area contributed by atoms with Crippen LogP contribution in [0.2, 0.25) is 0 Å². The van der Waals surface area contributed by atoms with Gasteiger partial charge in [0.1, 0.15) is 0 Å². The van der Waals surface area contributed by atoms with Gasteiger partial charge in [0.2, 0.25) is 0 Å². The third kappa shape index (κ3) is 2.84. The molecule has 1 saturated carbocycles. The number of aliphatic hydroxyl groups is 1. The number of rotatable bonds is 2. The normalized spacial score (nSPS) is 27.3. The van der Waals surface area contributed by atoms with E-state index < -0.39 is 0 Å². The first-order valence-corrected chi connectivity index (χ1v) is 5.96. The number of nitrogens with one attached hydrogen (secondary N) is 1. The molecule has 0 bridgehead atoms. The smallest absolute Gasteiger partial charge is 0.317 e. The molecule has 0 aromatic carbocycles. The van der Waals surface area contributed by atoms with Crippen LogP contribution in [0, 0.1) is 5.92 Å². The Bertz CT molecular complexity index is 227. The molecule has 2 fully saturated rings. The summed E-state index contributed by atoms with van der Waals surface area (Å²) in [4.78, 5) is 13.4. The summed E-state index contributed by atoms with van der Waals surface area (Å²) in [6, 6.07) is -0.00144. The third-order valence-corrected chi connectivity index (χ3v) is 3.47. The van der Waals surface area contributed by atoms with E-state index in [-0.39, 0.29) is 12.1 Å². The van der Waals surface area contributed by atoms with Crippen molar-refractivity contribution in [3.63, 3.8) is 0 Å². The van der Waals surface area contributed by atoms with E-state index >= 15 is 0 Å². The van der Waals surface area contributed by atoms with Crippen molar-refractivity contribution in [2.24, 2.45) is 5.92 Å². The zero-order chi connectivity index (χ0) is 10.7. The predicted molar refractivity (Wildman–Crippen MR) is 57.6 cm³/mol. The van der Waals surface area contributed by atoms with Crippen molar-refractivity contribution < 1.29 is 9.90 Å². The minimum Gasteiger partial charge on any atom is -0.391 e. The fourth-order valence-corrected chi connectivity index (χ4v) is 2.48. The monoisotopic (exact) mass is 212 g/mol. The van der Waals surface area contributed by atoms with Gasteiger partial charge in [0.05, 0.1) is 6.10 Å². The molecule has 2 rings (SSSR count). The number of aliphatic hydroxyl groups excluding tert-OH is 1. The highest BCUT2D eigenvalue weighted by Gasteiger charge is 2.25. The van der Waals surface area contributed by atoms with Gasteiger partial charge in [-0.3, -0.25) is 0 Å². The van der Waals surface area contributed by atoms with Crippen molar-refractivity contribution >= 4 is 6.03 Å². The Labute approximate surface area is 90.6 Å². The number of nitrogens with zero attached hydrogens (tertiary/aromatic N) is 1. The second kappa shape index (κ2) is 4.84. The molecular weight excluding hydrogens is 192 g/mol. The van der Waals surface area contributed by atoms with Gasteiger partial charge in [-0.15, -0.1) is 0 Å². The van der Waals surface area contributed by atoms with Crippen LogP contribution in [0.4, 0.5) is 4.79 Å². The summed E-state index contributed by atoms with van der Waals surface area (Å²) in [5.74, 6) is 0.682. The van der Waals surface area contributed by atoms with E-state index in [1.54, 1.807) is 4.90 Å². The summed E-state index contributed by atoms with van der Waals surface area (Å²) in [6.07, 6.45) is 5.52. The van der Waals surface area contributed by atoms with Gasteiger partial charge < -0.3 is 15.3 Å². The molecule has 0 aromatic heterocycles. The first kappa shape index (κ1) is 10.7. The molecule has 2 aliphatic rings. The van der Waals surface area contributed by atoms with E-state index in [1.807, 2.05) is 0 Å². The maximum absolute atomic E-state index is 11.7. The quantitative estimate of drug-likeness (QED) is 0.716. The fraction of sp³-hybridized carbons (Fsp3) is 0.909. The molecular formula is C11H20N2O2. The SMILES string of the molecule is O=C(NCC1CCCC1)N1CC[C@H](O)C1. The minimum atomic E-state index is -0.317. The van der Waals surface area contributed by atoms with Crippen molar-refractivity contribution in [3.8, 4) is 0 Å². The number of hydrogen-bond donors (Lipinski definition) is 2. The first-order valence-electron chi connectivity index (χ1n) is 5.96. The molecule has 4 heteroatoms. The summed E-state index contributed by atoms with van der Waals surface area (Å²) in [6.45, 7) is 2.00. The summed E-state index contributed by atoms with van der Waals surface area (Å²) < 4.78 is 0. The lowest BCUT2D eigenvalue weighted by atomic mass is 10.1. The van der Waals surface area contributed by atoms with Gasteiger partial charge in [0, 0.05) is 19.6 Å². The van der Waals surface area contributed by atoms with E-state index in [9.17, 15) is 9.90 Å². The van der Waals surface area contributed by atoms with Crippen LogP contribution in [0.3, 0.4) is 0 Å². The molecule has 2 N–H and O–H groups in total. The number of β-amino-alcohol motifs (C(OH)–C–C–N with tert-alkyl or cyclic N) is 1. The van der Waals surface area contributed by atoms with Gasteiger partial charge in [-0.1, -0.05) is 12.8 Å². The Balaban J connectivity index is 1.67. The van der Waals surface area contributed by atoms with Gasteiger partial charge in [0.25, 0.3) is 0 Å². The maximum atomic E-state index is 11.7. The van der Waals surface area contributed by atoms with Crippen LogP contribution in [0.15, 0.2) is 0 Å². The highest BCUT2D eigenvalue weighted by molar-refractivity contribution is 5.74. The van der Waals surface area contributed by atoms with Crippen LogP contribution >= 0.6 is 0 Å². The molecule has 15 heavy (non-hydrogen) atoms. The van der Waals surface area contributed by atoms with Gasteiger partial charge >= 0.3 is 6.03 Å². The predicted octanol–water partition coefficient (Wildman–Crippen LogP) is 0.953. The molecule has 1 aliphatic carbocycles. The minimum absolute atomic E-state index is 0.00144. The number of likely N-dealkylation sites (tertiary alicyclic amines) is 1. The van der Waals surface area contributed by atoms with Crippen LogP contribution in [-0.4, -0.2) is 41.8 Å². The average molecular weight is 212 g/mol. The largest absolute Gasteiger partial charge is 0.391 e. The Morgan fingerprint density at radius 2 is 2.07 bits per heavy atom. The van der Waals surface area contributed by atoms with E-state index in [1.165, 1.54) is 25.7 Å². The summed E-state index contributed by atoms with van der Waals surface area (Å²) >= 11 is 0. The van der Waals surface area contributed by atoms with Crippen LogP contribution in [0.5, 0.6) is 0 Å². The molecule has 0 aromatic rings. The topological polar surface area (TPSA) is 52.6 Å². The van der Waals surface area contributed by atoms with Crippen LogP contribution in [-0.2, 0) is 0 Å². The lowest BCUT2D eigenvalue weighted by Crippen LogP contribution is -2.40. The highest BCUT2D eigenvalue weighted by atomic mass is 16.3. The van der Waals surface area contributed by atoms with E-state index in [0.29, 0.717) is 19.0 Å². The molecule has 1 heterocycles. The Kier molecular flexibility index (Phi) is 3.46. The lowest BCUT2D eigenvalue weighted by Gasteiger charge is -2.18. The molecule has 4 nitrogen and oxygen atoms in total. The van der Waals surface area contributed by atoms with Crippen molar-refractivity contribution in [1.82, 2.24) is 10.2 Å². The molecule has 0 unspecified atom stereocenters. The van der Waals surface area contributed by atoms with Crippen molar-refractivity contribution in [1.29, 1.82) is 0 Å². The molecule has 1 aliphatic heterocycles. The second-order valence-electron chi connectivity index (χ2n) is 4.73. The standard InChI is InChI=1S/C11H20N2O2/c14-10-5-6-13(8-10)11(15)12-7-9-3-1-2-4-9/h9-10,14H,1-8H2,(H,12,15)/t10-/m0/s1. The number of carbonyl (C=O) groups excluding carboxylic acids is 1. The first-order chi connectivity index (χ1) is 7.25. The zero-order valence-electron chi connectivity index (χ0n) is 9.11. The summed E-state index contributed by atoms with van der Waals surface area (Å²) in [5.41, 5.74) is 0. The number of hydrogen-bond acceptors (Lipinski definition) is 2. The van der Waals surface area contributed by atoms with Gasteiger partial charge in [-0.25, -0.2) is 4.79 Å². The Morgan fingerprint density at radius 3 is 2.67 bits per heavy atom. The van der Waals surface area contributed by atoms with E-state index in [2.05, 4.69) is 5.32 Å². The molecule has 86 valence electrons. The Morgan fingerprint density at radius 1 is 1.33 bits per heavy atom. The maximum Gasteiger partial charge on any atom is 0.317 e. The molecule has 1 saturated heterocycles. The van der Waals surface area contributed by atoms with Gasteiger partial charge in [0.15, 0.2) is 0 Å². The summed E-state index contributed by atoms with van der Waals surface area (Å²) in [7, 11) is 0. The zero-order valence-corrected chi connectivity index (χ0v) is 9.11. The van der Waals surface area contributed by atoms with Gasteiger partial charge in [-0.2, -0.15) is 0 Å². The van der Waals surface area contributed by atoms with E-state index in [4.69, 9.17) is 0 Å². The number of urea groups is 1. The average Bonchev–Trinajstić information content (AvgIpc) is 2.84. The number of carbonyl (C=O) groups is 1. The molecule has 0 radical (unpaired) electrons. The molecule has 0 spiro atoms. The van der Waals surface area contributed by atoms with Gasteiger partial charge in [-0.05, 0) is 25.2 Å². The lowest BCUT2D eigenvalue weighted by molar-refractivity contribution is 0.171. The van der Waals surface area contributed by atoms with Crippen LogP contribution in [0.1, 0.15) is 32.1 Å². The van der Waals surface area contributed by atoms with Crippen molar-refractivity contribution in [2.75, 3.05) is 19.6 Å². The van der Waals surface area contributed by atoms with Crippen molar-refractivity contribution in [3.05, 3.63) is 0 Å². The fourth-order valence-electron chi connectivity index (χ4n) is 2.48. The Hall–Kier alpha value is -0.770. The second-order valence-corrected chi connectivity index (χ2v) is 4.73. The van der Waals surface area contributed by atoms with Crippen molar-refractivity contribution in [2.45, 2.75) is 38.2 Å². The summed E-state index contributed by atoms with van der Waals surface area (Å²) in [5, 5.41) is 12.3. The molecule has 2 amide bonds. The van der Waals surface area contributed by atoms with E-state index in [0.717, 1.165) is 13.0 Å². The highest BCUT2D eigenvalue weighted by Crippen LogP contribution is 2.23. The molecule has 1 atom stereocenters.